The molecule has 2 rings (SSSR count). The molecule has 0 bridgehead atoms. The third-order valence-corrected chi connectivity index (χ3v) is 7.70. The second-order valence-electron chi connectivity index (χ2n) is 5.12. The summed E-state index contributed by atoms with van der Waals surface area (Å²) in [6.07, 6.45) is 1.97. The van der Waals surface area contributed by atoms with Gasteiger partial charge in [0.25, 0.3) is 0 Å². The van der Waals surface area contributed by atoms with Gasteiger partial charge in [0, 0.05) is 11.3 Å². The van der Waals surface area contributed by atoms with Gasteiger partial charge in [-0.2, -0.15) is 11.8 Å². The molecule has 0 spiro atoms. The predicted octanol–water partition coefficient (Wildman–Crippen LogP) is 3.39. The van der Waals surface area contributed by atoms with E-state index in [1.165, 1.54) is 0 Å². The smallest absolute Gasteiger partial charge is 0.243 e. The van der Waals surface area contributed by atoms with Crippen molar-refractivity contribution in [2.45, 2.75) is 29.4 Å². The molecule has 1 aliphatic heterocycles. The standard InChI is InChI=1S/C12H15BrClFN2O2S2/c1-12(3-2-4-20-12)6-17-21(18,19)8-5-7(14)9(13)11(16)10(8)15/h5,17H,2-4,6,16H2,1H3. The van der Waals surface area contributed by atoms with Crippen LogP contribution in [0.3, 0.4) is 0 Å². The molecule has 1 unspecified atom stereocenters. The van der Waals surface area contributed by atoms with Gasteiger partial charge in [-0.3, -0.25) is 0 Å². The van der Waals surface area contributed by atoms with Gasteiger partial charge in [-0.25, -0.2) is 17.5 Å². The zero-order chi connectivity index (χ0) is 15.8. The summed E-state index contributed by atoms with van der Waals surface area (Å²) < 4.78 is 41.1. The molecule has 1 aliphatic rings. The summed E-state index contributed by atoms with van der Waals surface area (Å²) >= 11 is 10.6. The maximum atomic E-state index is 14.1. The Morgan fingerprint density at radius 2 is 2.29 bits per heavy atom. The third kappa shape index (κ3) is 3.67. The average molecular weight is 418 g/mol. The van der Waals surface area contributed by atoms with Gasteiger partial charge >= 0.3 is 0 Å². The highest BCUT2D eigenvalue weighted by molar-refractivity contribution is 9.10. The quantitative estimate of drug-likeness (QED) is 0.582. The highest BCUT2D eigenvalue weighted by atomic mass is 79.9. The summed E-state index contributed by atoms with van der Waals surface area (Å²) in [5.41, 5.74) is 5.21. The van der Waals surface area contributed by atoms with E-state index in [0.717, 1.165) is 24.7 Å². The van der Waals surface area contributed by atoms with Crippen molar-refractivity contribution in [3.8, 4) is 0 Å². The first kappa shape index (κ1) is 17.3. The van der Waals surface area contributed by atoms with Crippen LogP contribution in [-0.4, -0.2) is 25.5 Å². The Balaban J connectivity index is 2.28. The van der Waals surface area contributed by atoms with E-state index in [9.17, 15) is 12.8 Å². The fourth-order valence-corrected chi connectivity index (χ4v) is 5.28. The molecule has 9 heteroatoms. The topological polar surface area (TPSA) is 72.2 Å². The molecule has 0 saturated carbocycles. The minimum atomic E-state index is -4.00. The van der Waals surface area contributed by atoms with E-state index in [4.69, 9.17) is 17.3 Å². The van der Waals surface area contributed by atoms with Crippen molar-refractivity contribution in [2.24, 2.45) is 0 Å². The zero-order valence-corrected chi connectivity index (χ0v) is 15.2. The Labute approximate surface area is 141 Å². The summed E-state index contributed by atoms with van der Waals surface area (Å²) in [5, 5.41) is 0.0516. The fourth-order valence-electron chi connectivity index (χ4n) is 2.10. The van der Waals surface area contributed by atoms with Crippen LogP contribution < -0.4 is 10.5 Å². The molecule has 0 aliphatic carbocycles. The molecule has 1 atom stereocenters. The van der Waals surface area contributed by atoms with Gasteiger partial charge < -0.3 is 5.73 Å². The van der Waals surface area contributed by atoms with Crippen LogP contribution in [0.5, 0.6) is 0 Å². The maximum absolute atomic E-state index is 14.1. The van der Waals surface area contributed by atoms with Crippen LogP contribution in [0, 0.1) is 5.82 Å². The first-order chi connectivity index (χ1) is 9.66. The molecule has 1 saturated heterocycles. The largest absolute Gasteiger partial charge is 0.395 e. The molecule has 0 amide bonds. The van der Waals surface area contributed by atoms with Crippen molar-refractivity contribution in [1.29, 1.82) is 0 Å². The first-order valence-corrected chi connectivity index (χ1v) is 9.87. The van der Waals surface area contributed by atoms with Crippen molar-refractivity contribution in [1.82, 2.24) is 4.72 Å². The lowest BCUT2D eigenvalue weighted by atomic mass is 10.1. The molecule has 3 N–H and O–H groups in total. The van der Waals surface area contributed by atoms with Gasteiger partial charge in [0.2, 0.25) is 10.0 Å². The minimum absolute atomic E-state index is 0.0516. The summed E-state index contributed by atoms with van der Waals surface area (Å²) in [5.74, 6) is 0.00640. The van der Waals surface area contributed by atoms with Gasteiger partial charge in [0.05, 0.1) is 15.2 Å². The minimum Gasteiger partial charge on any atom is -0.395 e. The third-order valence-electron chi connectivity index (χ3n) is 3.38. The average Bonchev–Trinajstić information content (AvgIpc) is 2.86. The molecule has 0 radical (unpaired) electrons. The van der Waals surface area contributed by atoms with Crippen molar-refractivity contribution in [3.05, 3.63) is 21.4 Å². The number of nitrogens with two attached hydrogens (primary N) is 1. The number of thioether (sulfide) groups is 1. The van der Waals surface area contributed by atoms with Crippen molar-refractivity contribution >= 4 is 55.0 Å². The van der Waals surface area contributed by atoms with E-state index in [1.807, 2.05) is 6.92 Å². The van der Waals surface area contributed by atoms with E-state index in [-0.39, 0.29) is 26.5 Å². The number of benzene rings is 1. The van der Waals surface area contributed by atoms with Crippen LogP contribution in [0.4, 0.5) is 10.1 Å². The van der Waals surface area contributed by atoms with Gasteiger partial charge in [-0.15, -0.1) is 0 Å². The van der Waals surface area contributed by atoms with Gasteiger partial charge in [-0.1, -0.05) is 11.6 Å². The van der Waals surface area contributed by atoms with E-state index in [1.54, 1.807) is 11.8 Å². The molecule has 1 aromatic carbocycles. The molecular weight excluding hydrogens is 403 g/mol. The van der Waals surface area contributed by atoms with Crippen LogP contribution in [0.15, 0.2) is 15.4 Å². The Morgan fingerprint density at radius 3 is 2.86 bits per heavy atom. The normalized spacial score (nSPS) is 22.7. The van der Waals surface area contributed by atoms with E-state index < -0.39 is 20.7 Å². The lowest BCUT2D eigenvalue weighted by Gasteiger charge is -2.23. The molecular formula is C12H15BrClFN2O2S2. The highest BCUT2D eigenvalue weighted by Crippen LogP contribution is 2.38. The maximum Gasteiger partial charge on any atom is 0.243 e. The molecule has 1 heterocycles. The number of hydrogen-bond donors (Lipinski definition) is 2. The summed E-state index contributed by atoms with van der Waals surface area (Å²) in [4.78, 5) is -0.528. The van der Waals surface area contributed by atoms with Gasteiger partial charge in [0.15, 0.2) is 5.82 Å². The SMILES string of the molecule is CC1(CNS(=O)(=O)c2cc(Cl)c(Br)c(N)c2F)CCCS1. The first-order valence-electron chi connectivity index (χ1n) is 6.23. The molecule has 1 fully saturated rings. The van der Waals surface area contributed by atoms with Crippen LogP contribution in [-0.2, 0) is 10.0 Å². The molecule has 0 aromatic heterocycles. The number of rotatable bonds is 4. The second-order valence-corrected chi connectivity index (χ2v) is 9.74. The fraction of sp³-hybridized carbons (Fsp3) is 0.500. The number of anilines is 1. The molecule has 1 aromatic rings. The monoisotopic (exact) mass is 416 g/mol. The molecule has 118 valence electrons. The molecule has 21 heavy (non-hydrogen) atoms. The Morgan fingerprint density at radius 1 is 1.62 bits per heavy atom. The predicted molar refractivity (Wildman–Crippen MR) is 88.8 cm³/mol. The van der Waals surface area contributed by atoms with E-state index >= 15 is 0 Å². The lowest BCUT2D eigenvalue weighted by Crippen LogP contribution is -2.37. The van der Waals surface area contributed by atoms with Gasteiger partial charge in [0.1, 0.15) is 4.90 Å². The highest BCUT2D eigenvalue weighted by Gasteiger charge is 2.32. The number of hydrogen-bond acceptors (Lipinski definition) is 4. The van der Waals surface area contributed by atoms with Gasteiger partial charge in [-0.05, 0) is 47.5 Å². The Hall–Kier alpha value is -0.0200. The van der Waals surface area contributed by atoms with Crippen molar-refractivity contribution in [3.63, 3.8) is 0 Å². The van der Waals surface area contributed by atoms with Crippen LogP contribution >= 0.6 is 39.3 Å². The summed E-state index contributed by atoms with van der Waals surface area (Å²) in [7, 11) is -4.00. The number of halogens is 3. The van der Waals surface area contributed by atoms with Crippen LogP contribution in [0.1, 0.15) is 19.8 Å². The van der Waals surface area contributed by atoms with Crippen molar-refractivity contribution in [2.75, 3.05) is 18.0 Å². The van der Waals surface area contributed by atoms with E-state index in [0.29, 0.717) is 0 Å². The Kier molecular flexibility index (Phi) is 5.15. The van der Waals surface area contributed by atoms with Crippen LogP contribution in [0.2, 0.25) is 5.02 Å². The van der Waals surface area contributed by atoms with Crippen LogP contribution in [0.25, 0.3) is 0 Å². The number of sulfonamides is 1. The number of nitrogens with one attached hydrogen (secondary N) is 1. The summed E-state index contributed by atoms with van der Waals surface area (Å²) in [6, 6.07) is 1.06. The zero-order valence-electron chi connectivity index (χ0n) is 11.3. The number of nitrogen functional groups attached to an aromatic ring is 1. The van der Waals surface area contributed by atoms with Crippen molar-refractivity contribution < 1.29 is 12.8 Å². The summed E-state index contributed by atoms with van der Waals surface area (Å²) in [6.45, 7) is 2.24. The second kappa shape index (κ2) is 6.23. The van der Waals surface area contributed by atoms with E-state index in [2.05, 4.69) is 20.7 Å². The lowest BCUT2D eigenvalue weighted by molar-refractivity contribution is 0.540. The molecule has 4 nitrogen and oxygen atoms in total. The Bertz CT molecular complexity index is 664.